The van der Waals surface area contributed by atoms with Gasteiger partial charge < -0.3 is 10.2 Å². The molecule has 4 heteroatoms. The lowest BCUT2D eigenvalue weighted by atomic mass is 9.63. The maximum Gasteiger partial charge on any atom is 0.136 e. The number of fused-ring (bicyclic) bond motifs is 1. The van der Waals surface area contributed by atoms with Crippen molar-refractivity contribution >= 4 is 11.6 Å². The van der Waals surface area contributed by atoms with Crippen molar-refractivity contribution in [3.8, 4) is 11.3 Å². The minimum absolute atomic E-state index is 0.205. The van der Waals surface area contributed by atoms with E-state index < -0.39 is 0 Å². The molecular weight excluding hydrogens is 442 g/mol. The highest BCUT2D eigenvalue weighted by atomic mass is 16.1. The molecule has 1 aromatic carbocycles. The van der Waals surface area contributed by atoms with Crippen LogP contribution in [0.1, 0.15) is 90.7 Å². The zero-order valence-corrected chi connectivity index (χ0v) is 23.1. The molecule has 36 heavy (non-hydrogen) atoms. The summed E-state index contributed by atoms with van der Waals surface area (Å²) in [5.74, 6) is 2.49. The first kappa shape index (κ1) is 25.4. The Hall–Kier alpha value is -2.20. The van der Waals surface area contributed by atoms with E-state index in [0.29, 0.717) is 23.7 Å². The third kappa shape index (κ3) is 5.25. The van der Waals surface area contributed by atoms with Gasteiger partial charge in [0.15, 0.2) is 0 Å². The molecule has 2 aliphatic carbocycles. The topological polar surface area (TPSA) is 45.2 Å². The lowest BCUT2D eigenvalue weighted by molar-refractivity contribution is -0.120. The Morgan fingerprint density at radius 1 is 1.03 bits per heavy atom. The molecule has 1 saturated carbocycles. The van der Waals surface area contributed by atoms with Gasteiger partial charge in [0, 0.05) is 37.0 Å². The summed E-state index contributed by atoms with van der Waals surface area (Å²) in [5, 5.41) is 3.76. The Kier molecular flexibility index (Phi) is 7.02. The number of anilines is 1. The largest absolute Gasteiger partial charge is 0.356 e. The summed E-state index contributed by atoms with van der Waals surface area (Å²) in [6, 6.07) is 14.1. The molecule has 5 rings (SSSR count). The van der Waals surface area contributed by atoms with Gasteiger partial charge in [0.25, 0.3) is 0 Å². The van der Waals surface area contributed by atoms with Crippen LogP contribution in [-0.2, 0) is 15.6 Å². The molecule has 2 fully saturated rings. The number of hydrogen-bond acceptors (Lipinski definition) is 4. The maximum absolute atomic E-state index is 12.1. The highest BCUT2D eigenvalue weighted by Crippen LogP contribution is 2.46. The molecule has 2 unspecified atom stereocenters. The average Bonchev–Trinajstić information content (AvgIpc) is 3.66. The van der Waals surface area contributed by atoms with Gasteiger partial charge in [-0.1, -0.05) is 52.8 Å². The van der Waals surface area contributed by atoms with Crippen molar-refractivity contribution in [1.29, 1.82) is 0 Å². The molecule has 0 spiro atoms. The van der Waals surface area contributed by atoms with Gasteiger partial charge in [0.1, 0.15) is 11.6 Å². The molecule has 2 atom stereocenters. The molecule has 0 amide bonds. The number of carbonyl (C=O) groups excluding carboxylic acids is 1. The molecular formula is C32H45N3O. The number of Topliss-reactive ketones (excluding diaryl/α,β-unsaturated/α-hetero) is 1. The van der Waals surface area contributed by atoms with Gasteiger partial charge in [-0.2, -0.15) is 0 Å². The van der Waals surface area contributed by atoms with Gasteiger partial charge >= 0.3 is 0 Å². The molecule has 2 aromatic rings. The highest BCUT2D eigenvalue weighted by molar-refractivity contribution is 5.83. The van der Waals surface area contributed by atoms with Crippen LogP contribution >= 0.6 is 0 Å². The molecule has 0 bridgehead atoms. The van der Waals surface area contributed by atoms with Gasteiger partial charge in [-0.15, -0.1) is 0 Å². The number of pyridine rings is 1. The van der Waals surface area contributed by atoms with Crippen LogP contribution < -0.4 is 10.2 Å². The molecule has 4 nitrogen and oxygen atoms in total. The van der Waals surface area contributed by atoms with Gasteiger partial charge in [0.2, 0.25) is 0 Å². The summed E-state index contributed by atoms with van der Waals surface area (Å²) >= 11 is 0. The van der Waals surface area contributed by atoms with E-state index in [0.717, 1.165) is 63.3 Å². The first-order valence-corrected chi connectivity index (χ1v) is 14.3. The number of carbonyl (C=O) groups is 1. The van der Waals surface area contributed by atoms with Crippen LogP contribution in [0.25, 0.3) is 11.3 Å². The fraction of sp³-hybridized carbons (Fsp3) is 0.625. The maximum atomic E-state index is 12.1. The summed E-state index contributed by atoms with van der Waals surface area (Å²) in [5.41, 5.74) is 5.74. The standard InChI is InChI=1S/C32H45N3O/c1-6-8-29(36)25-19-23(25)21-33-24-13-17-35(18-14-24)30-10-7-9-28(34-30)22-11-12-26-27(20-22)32(4,5)16-15-31(26,2)3/h7,9-12,20,23-25,33H,6,8,13-19,21H2,1-5H3. The van der Waals surface area contributed by atoms with Gasteiger partial charge in [-0.05, 0) is 91.1 Å². The van der Waals surface area contributed by atoms with Crippen molar-refractivity contribution in [3.63, 3.8) is 0 Å². The second-order valence-corrected chi connectivity index (χ2v) is 12.9. The predicted octanol–water partition coefficient (Wildman–Crippen LogP) is 6.66. The molecule has 0 radical (unpaired) electrons. The number of aromatic nitrogens is 1. The minimum Gasteiger partial charge on any atom is -0.356 e. The SMILES string of the molecule is CCCC(=O)C1CC1CNC1CCN(c2cccc(-c3ccc4c(c3)C(C)(C)CCC4(C)C)n2)CC1. The zero-order valence-electron chi connectivity index (χ0n) is 23.1. The lowest BCUT2D eigenvalue weighted by Gasteiger charge is -2.42. The molecule has 1 aliphatic heterocycles. The van der Waals surface area contributed by atoms with Crippen molar-refractivity contribution < 1.29 is 4.79 Å². The van der Waals surface area contributed by atoms with E-state index in [9.17, 15) is 4.79 Å². The van der Waals surface area contributed by atoms with Gasteiger partial charge in [-0.25, -0.2) is 4.98 Å². The first-order chi connectivity index (χ1) is 17.2. The van der Waals surface area contributed by atoms with E-state index in [2.05, 4.69) is 81.2 Å². The van der Waals surface area contributed by atoms with Crippen molar-refractivity contribution in [2.75, 3.05) is 24.5 Å². The van der Waals surface area contributed by atoms with Crippen LogP contribution in [0.15, 0.2) is 36.4 Å². The Balaban J connectivity index is 1.21. The van der Waals surface area contributed by atoms with Crippen LogP contribution in [-0.4, -0.2) is 36.4 Å². The fourth-order valence-corrected chi connectivity index (χ4v) is 6.44. The number of nitrogens with one attached hydrogen (secondary N) is 1. The molecule has 3 aliphatic rings. The number of benzene rings is 1. The fourth-order valence-electron chi connectivity index (χ4n) is 6.44. The van der Waals surface area contributed by atoms with E-state index in [4.69, 9.17) is 4.98 Å². The predicted molar refractivity (Wildman–Crippen MR) is 150 cm³/mol. The summed E-state index contributed by atoms with van der Waals surface area (Å²) < 4.78 is 0. The monoisotopic (exact) mass is 487 g/mol. The summed E-state index contributed by atoms with van der Waals surface area (Å²) in [4.78, 5) is 19.7. The van der Waals surface area contributed by atoms with Crippen molar-refractivity contribution in [3.05, 3.63) is 47.5 Å². The van der Waals surface area contributed by atoms with Crippen LogP contribution in [0.2, 0.25) is 0 Å². The second kappa shape index (κ2) is 9.93. The second-order valence-electron chi connectivity index (χ2n) is 12.9. The van der Waals surface area contributed by atoms with E-state index in [1.807, 2.05) is 0 Å². The van der Waals surface area contributed by atoms with Gasteiger partial charge in [0.05, 0.1) is 5.69 Å². The third-order valence-corrected chi connectivity index (χ3v) is 9.20. The van der Waals surface area contributed by atoms with E-state index in [-0.39, 0.29) is 10.8 Å². The van der Waals surface area contributed by atoms with Crippen LogP contribution in [0.5, 0.6) is 0 Å². The van der Waals surface area contributed by atoms with E-state index >= 15 is 0 Å². The molecule has 1 aromatic heterocycles. The summed E-state index contributed by atoms with van der Waals surface area (Å²) in [6.07, 6.45) is 7.56. The first-order valence-electron chi connectivity index (χ1n) is 14.3. The smallest absolute Gasteiger partial charge is 0.136 e. The summed E-state index contributed by atoms with van der Waals surface area (Å²) in [7, 11) is 0. The number of rotatable bonds is 8. The summed E-state index contributed by atoms with van der Waals surface area (Å²) in [6.45, 7) is 14.7. The molecule has 2 heterocycles. The molecule has 1 saturated heterocycles. The van der Waals surface area contributed by atoms with Crippen molar-refractivity contribution in [2.24, 2.45) is 11.8 Å². The van der Waals surface area contributed by atoms with E-state index in [1.165, 1.54) is 29.5 Å². The van der Waals surface area contributed by atoms with Crippen molar-refractivity contribution in [1.82, 2.24) is 10.3 Å². The Bertz CT molecular complexity index is 1100. The highest BCUT2D eigenvalue weighted by Gasteiger charge is 2.42. The van der Waals surface area contributed by atoms with Crippen LogP contribution in [0.4, 0.5) is 5.82 Å². The zero-order chi connectivity index (χ0) is 25.5. The normalized spacial score (nSPS) is 24.9. The number of piperidine rings is 1. The van der Waals surface area contributed by atoms with Gasteiger partial charge in [-0.3, -0.25) is 4.79 Å². The van der Waals surface area contributed by atoms with E-state index in [1.54, 1.807) is 0 Å². The Morgan fingerprint density at radius 3 is 2.47 bits per heavy atom. The Morgan fingerprint density at radius 2 is 1.75 bits per heavy atom. The number of ketones is 1. The lowest BCUT2D eigenvalue weighted by Crippen LogP contribution is -2.43. The number of nitrogens with zero attached hydrogens (tertiary/aromatic N) is 2. The average molecular weight is 488 g/mol. The number of hydrogen-bond donors (Lipinski definition) is 1. The van der Waals surface area contributed by atoms with Crippen LogP contribution in [0.3, 0.4) is 0 Å². The minimum atomic E-state index is 0.205. The van der Waals surface area contributed by atoms with Crippen molar-refractivity contribution in [2.45, 2.75) is 96.4 Å². The van der Waals surface area contributed by atoms with Crippen LogP contribution in [0, 0.1) is 11.8 Å². The Labute approximate surface area is 218 Å². The third-order valence-electron chi connectivity index (χ3n) is 9.20. The molecule has 194 valence electrons. The quantitative estimate of drug-likeness (QED) is 0.452. The molecule has 1 N–H and O–H groups in total.